The van der Waals surface area contributed by atoms with Crippen molar-refractivity contribution in [2.45, 2.75) is 30.6 Å². The molecule has 1 aliphatic heterocycles. The largest absolute Gasteiger partial charge is 0.385 e. The summed E-state index contributed by atoms with van der Waals surface area (Å²) in [6, 6.07) is 17.7. The van der Waals surface area contributed by atoms with Crippen molar-refractivity contribution in [3.63, 3.8) is 0 Å². The van der Waals surface area contributed by atoms with Crippen LogP contribution in [0, 0.1) is 0 Å². The van der Waals surface area contributed by atoms with Crippen molar-refractivity contribution in [1.82, 2.24) is 0 Å². The standard InChI is InChI=1S/C22H25N3S.ClH/c1-4-23-18-9-7-8-15-10-13-19-22(21(15)18)24-17-12-11-16(14-20(17)26-19)25(5-2)6-3;/h7-14,23-24H,4-6H2,1-3H3;1H. The minimum absolute atomic E-state index is 0. The van der Waals surface area contributed by atoms with Crippen LogP contribution in [-0.4, -0.2) is 19.6 Å². The van der Waals surface area contributed by atoms with Crippen molar-refractivity contribution >= 4 is 57.7 Å². The van der Waals surface area contributed by atoms with Crippen molar-refractivity contribution < 1.29 is 0 Å². The molecule has 4 rings (SSSR count). The second-order valence-corrected chi connectivity index (χ2v) is 7.54. The van der Waals surface area contributed by atoms with Gasteiger partial charge < -0.3 is 15.5 Å². The van der Waals surface area contributed by atoms with Gasteiger partial charge in [-0.15, -0.1) is 12.4 Å². The quantitative estimate of drug-likeness (QED) is 0.388. The SMILES string of the molecule is CCNc1cccc2ccc3c(c12)Nc1ccc(N(CC)CC)cc1S3.Cl. The van der Waals surface area contributed by atoms with Gasteiger partial charge in [-0.25, -0.2) is 0 Å². The Morgan fingerprint density at radius 2 is 1.78 bits per heavy atom. The molecule has 0 amide bonds. The summed E-state index contributed by atoms with van der Waals surface area (Å²) >= 11 is 1.86. The average Bonchev–Trinajstić information content (AvgIpc) is 2.67. The first-order valence-corrected chi connectivity index (χ1v) is 10.2. The molecule has 142 valence electrons. The topological polar surface area (TPSA) is 27.3 Å². The van der Waals surface area contributed by atoms with Crippen molar-refractivity contribution in [2.75, 3.05) is 35.2 Å². The zero-order valence-corrected chi connectivity index (χ0v) is 17.6. The summed E-state index contributed by atoms with van der Waals surface area (Å²) in [5.74, 6) is 0. The van der Waals surface area contributed by atoms with Gasteiger partial charge in [0.05, 0.1) is 11.4 Å². The summed E-state index contributed by atoms with van der Waals surface area (Å²) in [6.45, 7) is 9.53. The highest BCUT2D eigenvalue weighted by Crippen LogP contribution is 2.49. The Morgan fingerprint density at radius 3 is 2.52 bits per heavy atom. The van der Waals surface area contributed by atoms with Crippen molar-refractivity contribution in [3.05, 3.63) is 48.5 Å². The monoisotopic (exact) mass is 399 g/mol. The van der Waals surface area contributed by atoms with Crippen molar-refractivity contribution in [2.24, 2.45) is 0 Å². The van der Waals surface area contributed by atoms with Gasteiger partial charge in [0.2, 0.25) is 0 Å². The third kappa shape index (κ3) is 3.56. The fourth-order valence-corrected chi connectivity index (χ4v) is 4.68. The van der Waals surface area contributed by atoms with Crippen molar-refractivity contribution in [1.29, 1.82) is 0 Å². The summed E-state index contributed by atoms with van der Waals surface area (Å²) in [7, 11) is 0. The number of hydrogen-bond acceptors (Lipinski definition) is 4. The van der Waals surface area contributed by atoms with E-state index < -0.39 is 0 Å². The predicted octanol–water partition coefficient (Wildman–Crippen LogP) is 6.75. The fraction of sp³-hybridized carbons (Fsp3) is 0.273. The first kappa shape index (κ1) is 19.7. The summed E-state index contributed by atoms with van der Waals surface area (Å²) in [4.78, 5) is 4.97. The van der Waals surface area contributed by atoms with Gasteiger partial charge in [0.1, 0.15) is 0 Å². The molecule has 3 aromatic rings. The van der Waals surface area contributed by atoms with Crippen LogP contribution in [0.2, 0.25) is 0 Å². The Bertz CT molecular complexity index is 954. The Labute approximate surface area is 171 Å². The molecule has 0 bridgehead atoms. The van der Waals surface area contributed by atoms with Crippen molar-refractivity contribution in [3.8, 4) is 0 Å². The molecule has 0 fully saturated rings. The molecule has 2 N–H and O–H groups in total. The van der Waals surface area contributed by atoms with Crippen LogP contribution in [0.3, 0.4) is 0 Å². The highest BCUT2D eigenvalue weighted by molar-refractivity contribution is 7.99. The molecule has 5 heteroatoms. The van der Waals surface area contributed by atoms with Crippen LogP contribution in [-0.2, 0) is 0 Å². The minimum Gasteiger partial charge on any atom is -0.385 e. The smallest absolute Gasteiger partial charge is 0.0626 e. The Hall–Kier alpha value is -2.04. The number of nitrogens with zero attached hydrogens (tertiary/aromatic N) is 1. The maximum absolute atomic E-state index is 3.71. The molecule has 0 saturated heterocycles. The minimum atomic E-state index is 0. The maximum atomic E-state index is 3.71. The number of hydrogen-bond donors (Lipinski definition) is 2. The number of nitrogens with one attached hydrogen (secondary N) is 2. The van der Waals surface area contributed by atoms with Crippen LogP contribution >= 0.6 is 24.2 Å². The van der Waals surface area contributed by atoms with Crippen LogP contribution in [0.5, 0.6) is 0 Å². The molecule has 0 saturated carbocycles. The second-order valence-electron chi connectivity index (χ2n) is 6.45. The van der Waals surface area contributed by atoms with E-state index in [0.29, 0.717) is 0 Å². The van der Waals surface area contributed by atoms with Crippen LogP contribution < -0.4 is 15.5 Å². The van der Waals surface area contributed by atoms with Gasteiger partial charge in [0.25, 0.3) is 0 Å². The summed E-state index contributed by atoms with van der Waals surface area (Å²) in [6.07, 6.45) is 0. The molecule has 0 radical (unpaired) electrons. The van der Waals surface area contributed by atoms with Crippen LogP contribution in [0.4, 0.5) is 22.7 Å². The molecular formula is C22H26ClN3S. The molecule has 1 heterocycles. The van der Waals surface area contributed by atoms with Gasteiger partial charge in [0, 0.05) is 46.2 Å². The van der Waals surface area contributed by atoms with E-state index in [4.69, 9.17) is 0 Å². The molecule has 27 heavy (non-hydrogen) atoms. The zero-order valence-electron chi connectivity index (χ0n) is 16.0. The van der Waals surface area contributed by atoms with Crippen LogP contribution in [0.25, 0.3) is 10.8 Å². The first-order chi connectivity index (χ1) is 12.7. The lowest BCUT2D eigenvalue weighted by atomic mass is 10.1. The first-order valence-electron chi connectivity index (χ1n) is 9.38. The number of anilines is 4. The highest BCUT2D eigenvalue weighted by atomic mass is 35.5. The Kier molecular flexibility index (Phi) is 6.08. The zero-order chi connectivity index (χ0) is 18.1. The van der Waals surface area contributed by atoms with Gasteiger partial charge in [-0.05, 0) is 56.5 Å². The molecule has 3 aromatic carbocycles. The van der Waals surface area contributed by atoms with E-state index in [2.05, 4.69) is 84.8 Å². The molecule has 1 aliphatic rings. The van der Waals surface area contributed by atoms with Gasteiger partial charge in [-0.2, -0.15) is 0 Å². The van der Waals surface area contributed by atoms with E-state index in [-0.39, 0.29) is 12.4 Å². The molecule has 0 aromatic heterocycles. The molecule has 0 atom stereocenters. The van der Waals surface area contributed by atoms with E-state index in [0.717, 1.165) is 19.6 Å². The number of fused-ring (bicyclic) bond motifs is 4. The van der Waals surface area contributed by atoms with E-state index in [1.54, 1.807) is 0 Å². The Balaban J connectivity index is 0.00000210. The lowest BCUT2D eigenvalue weighted by Gasteiger charge is -2.27. The fourth-order valence-electron chi connectivity index (χ4n) is 3.64. The molecule has 0 aliphatic carbocycles. The number of halogens is 1. The van der Waals surface area contributed by atoms with Crippen LogP contribution in [0.15, 0.2) is 58.3 Å². The third-order valence-corrected chi connectivity index (χ3v) is 6.07. The van der Waals surface area contributed by atoms with Gasteiger partial charge in [-0.3, -0.25) is 0 Å². The highest BCUT2D eigenvalue weighted by Gasteiger charge is 2.20. The predicted molar refractivity (Wildman–Crippen MR) is 123 cm³/mol. The Morgan fingerprint density at radius 1 is 0.963 bits per heavy atom. The van der Waals surface area contributed by atoms with Crippen LogP contribution in [0.1, 0.15) is 20.8 Å². The summed E-state index contributed by atoms with van der Waals surface area (Å²) < 4.78 is 0. The van der Waals surface area contributed by atoms with E-state index >= 15 is 0 Å². The molecule has 0 spiro atoms. The molecule has 3 nitrogen and oxygen atoms in total. The maximum Gasteiger partial charge on any atom is 0.0626 e. The second kappa shape index (κ2) is 8.32. The summed E-state index contributed by atoms with van der Waals surface area (Å²) in [5, 5.41) is 9.75. The lowest BCUT2D eigenvalue weighted by Crippen LogP contribution is -2.21. The van der Waals surface area contributed by atoms with Gasteiger partial charge >= 0.3 is 0 Å². The van der Waals surface area contributed by atoms with E-state index in [1.165, 1.54) is 43.3 Å². The van der Waals surface area contributed by atoms with E-state index in [1.807, 2.05) is 11.8 Å². The van der Waals surface area contributed by atoms with Gasteiger partial charge in [0.15, 0.2) is 0 Å². The molecule has 0 unspecified atom stereocenters. The number of benzene rings is 3. The summed E-state index contributed by atoms with van der Waals surface area (Å²) in [5.41, 5.74) is 4.89. The number of rotatable bonds is 5. The lowest BCUT2D eigenvalue weighted by molar-refractivity contribution is 0.864. The normalized spacial score (nSPS) is 11.8. The molecular weight excluding hydrogens is 374 g/mol. The van der Waals surface area contributed by atoms with E-state index in [9.17, 15) is 0 Å². The van der Waals surface area contributed by atoms with Gasteiger partial charge in [-0.1, -0.05) is 30.0 Å². The third-order valence-electron chi connectivity index (χ3n) is 4.95. The average molecular weight is 400 g/mol.